The van der Waals surface area contributed by atoms with Crippen molar-refractivity contribution in [2.24, 2.45) is 0 Å². The van der Waals surface area contributed by atoms with Crippen LogP contribution >= 0.6 is 0 Å². The number of nitrogens with one attached hydrogen (secondary N) is 1. The summed E-state index contributed by atoms with van der Waals surface area (Å²) in [6, 6.07) is 14.4. The number of ether oxygens (including phenoxy) is 1. The van der Waals surface area contributed by atoms with Crippen LogP contribution in [0.4, 0.5) is 5.69 Å². The van der Waals surface area contributed by atoms with Gasteiger partial charge in [-0.15, -0.1) is 0 Å². The van der Waals surface area contributed by atoms with E-state index in [0.29, 0.717) is 24.6 Å². The van der Waals surface area contributed by atoms with Gasteiger partial charge in [0.05, 0.1) is 18.6 Å². The molecule has 0 saturated carbocycles. The summed E-state index contributed by atoms with van der Waals surface area (Å²) in [5.74, 6) is 1.03. The van der Waals surface area contributed by atoms with Gasteiger partial charge < -0.3 is 14.6 Å². The highest BCUT2D eigenvalue weighted by atomic mass is 32.2. The number of nitrogens with zero attached hydrogens (tertiary/aromatic N) is 3. The van der Waals surface area contributed by atoms with Crippen LogP contribution in [0.1, 0.15) is 18.3 Å². The molecule has 1 heterocycles. The van der Waals surface area contributed by atoms with Crippen LogP contribution in [0.25, 0.3) is 5.69 Å². The fraction of sp³-hybridized carbons (Fsp3) is 0.273. The van der Waals surface area contributed by atoms with Crippen molar-refractivity contribution in [3.05, 3.63) is 72.3 Å². The number of aryl methyl sites for hydroxylation is 1. The molecule has 3 aromatic rings. The van der Waals surface area contributed by atoms with Gasteiger partial charge in [0.2, 0.25) is 15.9 Å². The number of carbonyl (C=O) groups excluding carboxylic acids is 1. The van der Waals surface area contributed by atoms with Gasteiger partial charge in [0.15, 0.2) is 0 Å². The molecule has 0 aliphatic rings. The zero-order valence-corrected chi connectivity index (χ0v) is 18.6. The average Bonchev–Trinajstić information content (AvgIpc) is 3.16. The minimum Gasteiger partial charge on any atom is -0.494 e. The molecule has 164 valence electrons. The molecule has 2 aromatic carbocycles. The second-order valence-corrected chi connectivity index (χ2v) is 8.89. The Morgan fingerprint density at radius 1 is 1.19 bits per heavy atom. The molecule has 31 heavy (non-hydrogen) atoms. The maximum Gasteiger partial charge on any atom is 0.241 e. The van der Waals surface area contributed by atoms with Gasteiger partial charge in [-0.25, -0.2) is 13.4 Å². The number of amides is 1. The third-order valence-electron chi connectivity index (χ3n) is 4.63. The normalized spacial score (nSPS) is 11.2. The first-order valence-electron chi connectivity index (χ1n) is 9.84. The second-order valence-electron chi connectivity index (χ2n) is 6.99. The van der Waals surface area contributed by atoms with E-state index in [0.717, 1.165) is 27.6 Å². The molecule has 1 amide bonds. The molecule has 0 atom stereocenters. The highest BCUT2D eigenvalue weighted by Gasteiger charge is 2.21. The summed E-state index contributed by atoms with van der Waals surface area (Å²) in [6.07, 6.45) is 4.69. The van der Waals surface area contributed by atoms with E-state index < -0.39 is 15.9 Å². The maximum absolute atomic E-state index is 12.5. The minimum absolute atomic E-state index is 0.290. The second kappa shape index (κ2) is 9.65. The van der Waals surface area contributed by atoms with Crippen LogP contribution in [-0.4, -0.2) is 43.3 Å². The Labute approximate surface area is 182 Å². The van der Waals surface area contributed by atoms with Crippen LogP contribution in [0.2, 0.25) is 0 Å². The van der Waals surface area contributed by atoms with Crippen molar-refractivity contribution in [1.29, 1.82) is 0 Å². The molecule has 0 fully saturated rings. The van der Waals surface area contributed by atoms with Crippen LogP contribution in [0.3, 0.4) is 0 Å². The van der Waals surface area contributed by atoms with Crippen molar-refractivity contribution in [3.8, 4) is 11.4 Å². The van der Waals surface area contributed by atoms with Gasteiger partial charge in [-0.3, -0.25) is 9.10 Å². The molecule has 0 radical (unpaired) electrons. The lowest BCUT2D eigenvalue weighted by atomic mass is 10.2. The molecule has 0 spiro atoms. The van der Waals surface area contributed by atoms with Crippen molar-refractivity contribution >= 4 is 21.6 Å². The molecule has 0 aliphatic heterocycles. The van der Waals surface area contributed by atoms with E-state index in [1.807, 2.05) is 48.9 Å². The summed E-state index contributed by atoms with van der Waals surface area (Å²) < 4.78 is 33.0. The summed E-state index contributed by atoms with van der Waals surface area (Å²) in [5.41, 5.74) is 2.25. The van der Waals surface area contributed by atoms with E-state index in [-0.39, 0.29) is 6.54 Å². The van der Waals surface area contributed by atoms with Crippen LogP contribution in [0.5, 0.6) is 5.75 Å². The Bertz CT molecular complexity index is 1140. The SMILES string of the molecule is CCOc1cccc(N(CC(=O)NCc2ccc(-n3ccnc3C)cc2)S(C)(=O)=O)c1. The monoisotopic (exact) mass is 442 g/mol. The number of anilines is 1. The largest absolute Gasteiger partial charge is 0.494 e. The summed E-state index contributed by atoms with van der Waals surface area (Å²) in [5, 5.41) is 2.78. The smallest absolute Gasteiger partial charge is 0.241 e. The van der Waals surface area contributed by atoms with Crippen LogP contribution in [-0.2, 0) is 21.4 Å². The standard InChI is InChI=1S/C22H26N4O4S/c1-4-30-21-7-5-6-20(14-21)26(31(3,28)29)16-22(27)24-15-18-8-10-19(11-9-18)25-13-12-23-17(25)2/h5-14H,4,15-16H2,1-3H3,(H,24,27). The third-order valence-corrected chi connectivity index (χ3v) is 5.77. The summed E-state index contributed by atoms with van der Waals surface area (Å²) in [4.78, 5) is 16.7. The number of aromatic nitrogens is 2. The molecule has 0 unspecified atom stereocenters. The lowest BCUT2D eigenvalue weighted by Crippen LogP contribution is -2.40. The zero-order chi connectivity index (χ0) is 22.4. The number of hydrogen-bond donors (Lipinski definition) is 1. The van der Waals surface area contributed by atoms with Crippen LogP contribution in [0, 0.1) is 6.92 Å². The van der Waals surface area contributed by atoms with Gasteiger partial charge in [0.25, 0.3) is 0 Å². The molecule has 0 saturated heterocycles. The number of imidazole rings is 1. The predicted molar refractivity (Wildman–Crippen MR) is 120 cm³/mol. The van der Waals surface area contributed by atoms with Gasteiger partial charge in [-0.05, 0) is 43.7 Å². The number of sulfonamides is 1. The van der Waals surface area contributed by atoms with Crippen molar-refractivity contribution in [2.75, 3.05) is 23.7 Å². The van der Waals surface area contributed by atoms with E-state index in [9.17, 15) is 13.2 Å². The topological polar surface area (TPSA) is 93.5 Å². The molecule has 1 aromatic heterocycles. The predicted octanol–water partition coefficient (Wildman–Crippen LogP) is 2.66. The number of hydrogen-bond acceptors (Lipinski definition) is 5. The highest BCUT2D eigenvalue weighted by Crippen LogP contribution is 2.23. The van der Waals surface area contributed by atoms with E-state index in [1.54, 1.807) is 30.5 Å². The van der Waals surface area contributed by atoms with Crippen molar-refractivity contribution in [2.45, 2.75) is 20.4 Å². The fourth-order valence-electron chi connectivity index (χ4n) is 3.11. The van der Waals surface area contributed by atoms with E-state index in [4.69, 9.17) is 4.74 Å². The van der Waals surface area contributed by atoms with Crippen LogP contribution < -0.4 is 14.4 Å². The van der Waals surface area contributed by atoms with E-state index in [1.165, 1.54) is 0 Å². The van der Waals surface area contributed by atoms with Gasteiger partial charge in [-0.2, -0.15) is 0 Å². The Morgan fingerprint density at radius 2 is 1.94 bits per heavy atom. The maximum atomic E-state index is 12.5. The Morgan fingerprint density at radius 3 is 2.55 bits per heavy atom. The first kappa shape index (κ1) is 22.4. The molecule has 3 rings (SSSR count). The Kier molecular flexibility index (Phi) is 6.96. The summed E-state index contributed by atoms with van der Waals surface area (Å²) >= 11 is 0. The quantitative estimate of drug-likeness (QED) is 0.550. The van der Waals surface area contributed by atoms with Gasteiger partial charge in [-0.1, -0.05) is 18.2 Å². The summed E-state index contributed by atoms with van der Waals surface area (Å²) in [7, 11) is -3.65. The van der Waals surface area contributed by atoms with Crippen LogP contribution in [0.15, 0.2) is 60.9 Å². The zero-order valence-electron chi connectivity index (χ0n) is 17.8. The van der Waals surface area contributed by atoms with Gasteiger partial charge >= 0.3 is 0 Å². The number of rotatable bonds is 9. The molecular formula is C22H26N4O4S. The van der Waals surface area contributed by atoms with Crippen molar-refractivity contribution < 1.29 is 17.9 Å². The fourth-order valence-corrected chi connectivity index (χ4v) is 3.96. The van der Waals surface area contributed by atoms with E-state index in [2.05, 4.69) is 10.3 Å². The lowest BCUT2D eigenvalue weighted by Gasteiger charge is -2.22. The van der Waals surface area contributed by atoms with Gasteiger partial charge in [0, 0.05) is 30.7 Å². The van der Waals surface area contributed by atoms with Crippen molar-refractivity contribution in [3.63, 3.8) is 0 Å². The molecule has 0 aliphatic carbocycles. The first-order valence-corrected chi connectivity index (χ1v) is 11.7. The average molecular weight is 443 g/mol. The highest BCUT2D eigenvalue weighted by molar-refractivity contribution is 7.92. The molecule has 0 bridgehead atoms. The molecule has 8 nitrogen and oxygen atoms in total. The third kappa shape index (κ3) is 5.85. The Hall–Kier alpha value is -3.33. The lowest BCUT2D eigenvalue weighted by molar-refractivity contribution is -0.119. The number of carbonyl (C=O) groups is 1. The Balaban J connectivity index is 1.65. The molecule has 1 N–H and O–H groups in total. The molecular weight excluding hydrogens is 416 g/mol. The van der Waals surface area contributed by atoms with Crippen molar-refractivity contribution in [1.82, 2.24) is 14.9 Å². The number of benzene rings is 2. The van der Waals surface area contributed by atoms with E-state index >= 15 is 0 Å². The first-order chi connectivity index (χ1) is 14.8. The molecule has 9 heteroatoms. The van der Waals surface area contributed by atoms with Gasteiger partial charge in [0.1, 0.15) is 18.1 Å². The minimum atomic E-state index is -3.65. The summed E-state index contributed by atoms with van der Waals surface area (Å²) in [6.45, 7) is 4.20.